The highest BCUT2D eigenvalue weighted by Gasteiger charge is 2.30. The number of nitriles is 1. The number of hydrogen-bond acceptors (Lipinski definition) is 4. The molecule has 2 aliphatic rings. The lowest BCUT2D eigenvalue weighted by Crippen LogP contribution is -2.44. The summed E-state index contributed by atoms with van der Waals surface area (Å²) in [7, 11) is 0. The molecule has 2 aliphatic heterocycles. The predicted molar refractivity (Wildman–Crippen MR) is 79.7 cm³/mol. The van der Waals surface area contributed by atoms with Crippen molar-refractivity contribution in [3.05, 3.63) is 23.4 Å². The molecule has 0 aliphatic carbocycles. The summed E-state index contributed by atoms with van der Waals surface area (Å²) in [5.74, 6) is 1.58. The van der Waals surface area contributed by atoms with Crippen molar-refractivity contribution < 1.29 is 0 Å². The summed E-state index contributed by atoms with van der Waals surface area (Å²) < 4.78 is 0. The normalized spacial score (nSPS) is 26.5. The van der Waals surface area contributed by atoms with Crippen molar-refractivity contribution in [3.8, 4) is 6.07 Å². The van der Waals surface area contributed by atoms with E-state index >= 15 is 0 Å². The van der Waals surface area contributed by atoms with Gasteiger partial charge in [-0.15, -0.1) is 0 Å². The van der Waals surface area contributed by atoms with Gasteiger partial charge in [0, 0.05) is 25.3 Å². The maximum absolute atomic E-state index is 9.38. The fourth-order valence-electron chi connectivity index (χ4n) is 3.57. The molecule has 2 saturated heterocycles. The second-order valence-electron chi connectivity index (χ2n) is 5.99. The molecule has 106 valence electrons. The summed E-state index contributed by atoms with van der Waals surface area (Å²) in [4.78, 5) is 6.80. The molecule has 1 aromatic heterocycles. The number of aryl methyl sites for hydroxylation is 1. The Morgan fingerprint density at radius 1 is 1.40 bits per heavy atom. The van der Waals surface area contributed by atoms with Gasteiger partial charge in [0.2, 0.25) is 0 Å². The van der Waals surface area contributed by atoms with Crippen LogP contribution in [0.5, 0.6) is 0 Å². The van der Waals surface area contributed by atoms with Crippen LogP contribution in [0.1, 0.15) is 36.8 Å². The molecule has 0 bridgehead atoms. The van der Waals surface area contributed by atoms with Crippen LogP contribution in [0.2, 0.25) is 0 Å². The fourth-order valence-corrected chi connectivity index (χ4v) is 3.57. The third-order valence-electron chi connectivity index (χ3n) is 4.68. The topological polar surface area (TPSA) is 52.0 Å². The molecule has 3 heterocycles. The van der Waals surface area contributed by atoms with E-state index in [1.807, 2.05) is 19.2 Å². The average molecular weight is 270 g/mol. The van der Waals surface area contributed by atoms with Gasteiger partial charge in [-0.3, -0.25) is 0 Å². The molecule has 20 heavy (non-hydrogen) atoms. The summed E-state index contributed by atoms with van der Waals surface area (Å²) in [5.41, 5.74) is 1.77. The largest absolute Gasteiger partial charge is 0.355 e. The lowest BCUT2D eigenvalue weighted by atomic mass is 9.89. The number of rotatable bonds is 2. The van der Waals surface area contributed by atoms with E-state index in [0.717, 1.165) is 36.6 Å². The zero-order chi connectivity index (χ0) is 13.9. The highest BCUT2D eigenvalue weighted by atomic mass is 15.2. The van der Waals surface area contributed by atoms with Gasteiger partial charge in [0.25, 0.3) is 0 Å². The van der Waals surface area contributed by atoms with Crippen molar-refractivity contribution in [2.45, 2.75) is 38.6 Å². The van der Waals surface area contributed by atoms with Gasteiger partial charge in [0.15, 0.2) is 0 Å². The molecule has 0 radical (unpaired) electrons. The Morgan fingerprint density at radius 3 is 3.05 bits per heavy atom. The van der Waals surface area contributed by atoms with Crippen LogP contribution >= 0.6 is 0 Å². The number of pyridine rings is 1. The van der Waals surface area contributed by atoms with Gasteiger partial charge in [0.05, 0.1) is 5.56 Å². The summed E-state index contributed by atoms with van der Waals surface area (Å²) in [6.07, 6.45) is 6.91. The lowest BCUT2D eigenvalue weighted by molar-refractivity contribution is 0.328. The Bertz CT molecular complexity index is 514. The van der Waals surface area contributed by atoms with Crippen molar-refractivity contribution in [1.82, 2.24) is 10.3 Å². The zero-order valence-corrected chi connectivity index (χ0v) is 12.1. The minimum Gasteiger partial charge on any atom is -0.355 e. The summed E-state index contributed by atoms with van der Waals surface area (Å²) in [6, 6.07) is 4.90. The second kappa shape index (κ2) is 5.80. The molecule has 4 heteroatoms. The highest BCUT2D eigenvalue weighted by molar-refractivity contribution is 5.57. The molecule has 0 aromatic carbocycles. The van der Waals surface area contributed by atoms with E-state index in [9.17, 15) is 5.26 Å². The van der Waals surface area contributed by atoms with Gasteiger partial charge in [-0.2, -0.15) is 5.26 Å². The van der Waals surface area contributed by atoms with Crippen LogP contribution < -0.4 is 10.2 Å². The van der Waals surface area contributed by atoms with E-state index in [2.05, 4.69) is 21.3 Å². The van der Waals surface area contributed by atoms with Crippen LogP contribution in [0.3, 0.4) is 0 Å². The Kier molecular flexibility index (Phi) is 3.88. The molecule has 2 fully saturated rings. The number of anilines is 1. The SMILES string of the molecule is Cc1ccnc(N2CCCC(C3CCCN3)C2)c1C#N. The van der Waals surface area contributed by atoms with Crippen LogP contribution in [0.4, 0.5) is 5.82 Å². The first-order chi connectivity index (χ1) is 9.79. The first kappa shape index (κ1) is 13.4. The number of nitrogens with zero attached hydrogens (tertiary/aromatic N) is 3. The third-order valence-corrected chi connectivity index (χ3v) is 4.68. The standard InChI is InChI=1S/C16H22N4/c1-12-6-8-19-16(14(12)10-17)20-9-3-4-13(11-20)15-5-2-7-18-15/h6,8,13,15,18H,2-5,7,9,11H2,1H3. The highest BCUT2D eigenvalue weighted by Crippen LogP contribution is 2.29. The first-order valence-electron chi connectivity index (χ1n) is 7.63. The molecule has 3 rings (SSSR count). The van der Waals surface area contributed by atoms with Gasteiger partial charge in [-0.1, -0.05) is 0 Å². The van der Waals surface area contributed by atoms with Gasteiger partial charge in [0.1, 0.15) is 11.9 Å². The molecule has 4 nitrogen and oxygen atoms in total. The van der Waals surface area contributed by atoms with Crippen LogP contribution in [0.15, 0.2) is 12.3 Å². The number of hydrogen-bond donors (Lipinski definition) is 1. The van der Waals surface area contributed by atoms with Gasteiger partial charge < -0.3 is 10.2 Å². The lowest BCUT2D eigenvalue weighted by Gasteiger charge is -2.37. The number of nitrogens with one attached hydrogen (secondary N) is 1. The first-order valence-corrected chi connectivity index (χ1v) is 7.63. The maximum atomic E-state index is 9.38. The predicted octanol–water partition coefficient (Wildman–Crippen LogP) is 2.23. The third kappa shape index (κ3) is 2.51. The minimum atomic E-state index is 0.660. The van der Waals surface area contributed by atoms with Crippen molar-refractivity contribution in [1.29, 1.82) is 5.26 Å². The molecule has 1 N–H and O–H groups in total. The molecular formula is C16H22N4. The Hall–Kier alpha value is -1.60. The summed E-state index contributed by atoms with van der Waals surface area (Å²) >= 11 is 0. The fraction of sp³-hybridized carbons (Fsp3) is 0.625. The monoisotopic (exact) mass is 270 g/mol. The van der Waals surface area contributed by atoms with Crippen molar-refractivity contribution in [2.75, 3.05) is 24.5 Å². The van der Waals surface area contributed by atoms with E-state index < -0.39 is 0 Å². The van der Waals surface area contributed by atoms with Crippen molar-refractivity contribution in [2.24, 2.45) is 5.92 Å². The smallest absolute Gasteiger partial charge is 0.146 e. The Balaban J connectivity index is 1.80. The number of aromatic nitrogens is 1. The molecular weight excluding hydrogens is 248 g/mol. The van der Waals surface area contributed by atoms with E-state index in [1.54, 1.807) is 0 Å². The zero-order valence-electron chi connectivity index (χ0n) is 12.1. The van der Waals surface area contributed by atoms with E-state index in [-0.39, 0.29) is 0 Å². The van der Waals surface area contributed by atoms with Gasteiger partial charge in [-0.05, 0) is 56.7 Å². The molecule has 0 spiro atoms. The molecule has 0 amide bonds. The van der Waals surface area contributed by atoms with Gasteiger partial charge in [-0.25, -0.2) is 4.98 Å². The van der Waals surface area contributed by atoms with Crippen molar-refractivity contribution >= 4 is 5.82 Å². The van der Waals surface area contributed by atoms with Gasteiger partial charge >= 0.3 is 0 Å². The molecule has 2 unspecified atom stereocenters. The van der Waals surface area contributed by atoms with Crippen LogP contribution in [0.25, 0.3) is 0 Å². The van der Waals surface area contributed by atoms with E-state index in [4.69, 9.17) is 0 Å². The van der Waals surface area contributed by atoms with Crippen LogP contribution in [-0.4, -0.2) is 30.7 Å². The Labute approximate surface area is 120 Å². The van der Waals surface area contributed by atoms with Crippen LogP contribution in [-0.2, 0) is 0 Å². The summed E-state index contributed by atoms with van der Waals surface area (Å²) in [6.45, 7) is 5.20. The average Bonchev–Trinajstić information content (AvgIpc) is 3.01. The van der Waals surface area contributed by atoms with Crippen molar-refractivity contribution in [3.63, 3.8) is 0 Å². The minimum absolute atomic E-state index is 0.660. The number of piperidine rings is 1. The summed E-state index contributed by atoms with van der Waals surface area (Å²) in [5, 5.41) is 13.0. The maximum Gasteiger partial charge on any atom is 0.146 e. The second-order valence-corrected chi connectivity index (χ2v) is 5.99. The van der Waals surface area contributed by atoms with Crippen LogP contribution in [0, 0.1) is 24.2 Å². The molecule has 2 atom stereocenters. The van der Waals surface area contributed by atoms with E-state index in [0.29, 0.717) is 12.0 Å². The quantitative estimate of drug-likeness (QED) is 0.895. The van der Waals surface area contributed by atoms with E-state index in [1.165, 1.54) is 25.7 Å². The Morgan fingerprint density at radius 2 is 2.30 bits per heavy atom. The molecule has 0 saturated carbocycles. The molecule has 1 aromatic rings.